The van der Waals surface area contributed by atoms with Gasteiger partial charge >= 0.3 is 0 Å². The number of Topliss-reactive ketones (excluding diaryl/α,β-unsaturated/α-hetero) is 1. The summed E-state index contributed by atoms with van der Waals surface area (Å²) < 4.78 is 22.2. The van der Waals surface area contributed by atoms with E-state index in [9.17, 15) is 18.0 Å². The Morgan fingerprint density at radius 1 is 1.29 bits per heavy atom. The number of amides is 1. The second-order valence-electron chi connectivity index (χ2n) is 4.71. The van der Waals surface area contributed by atoms with E-state index >= 15 is 0 Å². The third-order valence-electron chi connectivity index (χ3n) is 2.86. The van der Waals surface area contributed by atoms with Gasteiger partial charge in [-0.15, -0.1) is 0 Å². The second-order valence-corrected chi connectivity index (χ2v) is 6.85. The zero-order chi connectivity index (χ0) is 13.1. The molecule has 1 aliphatic heterocycles. The van der Waals surface area contributed by atoms with Gasteiger partial charge < -0.3 is 4.90 Å². The monoisotopic (exact) mass is 261 g/mol. The molecular formula is C11H19NO4S. The summed E-state index contributed by atoms with van der Waals surface area (Å²) in [7, 11) is -3.30. The molecule has 0 aromatic carbocycles. The van der Waals surface area contributed by atoms with E-state index in [0.717, 1.165) is 25.5 Å². The summed E-state index contributed by atoms with van der Waals surface area (Å²) in [6.07, 6.45) is 4.03. The Kier molecular flexibility index (Phi) is 4.68. The summed E-state index contributed by atoms with van der Waals surface area (Å²) in [5, 5.41) is 0. The van der Waals surface area contributed by atoms with Gasteiger partial charge in [-0.05, 0) is 26.2 Å². The predicted octanol–water partition coefficient (Wildman–Crippen LogP) is 0.391. The van der Waals surface area contributed by atoms with Gasteiger partial charge in [0.1, 0.15) is 11.5 Å². The Morgan fingerprint density at radius 2 is 1.94 bits per heavy atom. The number of ketones is 1. The molecule has 1 saturated heterocycles. The van der Waals surface area contributed by atoms with Crippen molar-refractivity contribution in [2.24, 2.45) is 0 Å². The van der Waals surface area contributed by atoms with Crippen molar-refractivity contribution in [3.05, 3.63) is 0 Å². The van der Waals surface area contributed by atoms with Gasteiger partial charge in [0, 0.05) is 25.3 Å². The molecule has 1 amide bonds. The van der Waals surface area contributed by atoms with Crippen LogP contribution in [0.3, 0.4) is 0 Å². The number of nitrogens with zero attached hydrogens (tertiary/aromatic N) is 1. The first kappa shape index (κ1) is 14.2. The van der Waals surface area contributed by atoms with Gasteiger partial charge in [0.15, 0.2) is 9.84 Å². The molecule has 1 atom stereocenters. The molecule has 0 aromatic heterocycles. The van der Waals surface area contributed by atoms with Crippen LogP contribution in [0, 0.1) is 0 Å². The normalized spacial score (nSPS) is 21.3. The molecule has 1 unspecified atom stereocenters. The molecule has 0 N–H and O–H groups in total. The largest absolute Gasteiger partial charge is 0.338 e. The summed E-state index contributed by atoms with van der Waals surface area (Å²) in [5.74, 6) is -0.797. The van der Waals surface area contributed by atoms with Crippen LogP contribution in [0.2, 0.25) is 0 Å². The lowest BCUT2D eigenvalue weighted by Gasteiger charge is -2.35. The third-order valence-corrected chi connectivity index (χ3v) is 3.63. The number of sulfone groups is 1. The van der Waals surface area contributed by atoms with Crippen molar-refractivity contribution in [3.63, 3.8) is 0 Å². The quantitative estimate of drug-likeness (QED) is 0.734. The van der Waals surface area contributed by atoms with Crippen molar-refractivity contribution >= 4 is 21.5 Å². The lowest BCUT2D eigenvalue weighted by atomic mass is 9.98. The summed E-state index contributed by atoms with van der Waals surface area (Å²) in [6, 6.07) is -0.115. The topological polar surface area (TPSA) is 71.5 Å². The van der Waals surface area contributed by atoms with E-state index in [1.807, 2.05) is 0 Å². The van der Waals surface area contributed by atoms with E-state index in [1.165, 1.54) is 6.92 Å². The molecule has 0 aliphatic carbocycles. The maximum Gasteiger partial charge on any atom is 0.238 e. The average Bonchev–Trinajstić information content (AvgIpc) is 2.14. The first-order valence-electron chi connectivity index (χ1n) is 5.76. The summed E-state index contributed by atoms with van der Waals surface area (Å²) in [4.78, 5) is 24.5. The van der Waals surface area contributed by atoms with Crippen molar-refractivity contribution in [1.82, 2.24) is 4.90 Å². The number of piperidine rings is 1. The minimum atomic E-state index is -3.30. The summed E-state index contributed by atoms with van der Waals surface area (Å²) in [5.41, 5.74) is 0. The fraction of sp³-hybridized carbons (Fsp3) is 0.818. The summed E-state index contributed by atoms with van der Waals surface area (Å²) in [6.45, 7) is 2.06. The standard InChI is InChI=1S/C11H19NO4S/c1-9(13)7-10-5-3-4-6-12(10)11(14)8-17(2,15)16/h10H,3-8H2,1-2H3. The van der Waals surface area contributed by atoms with Crippen LogP contribution in [0.5, 0.6) is 0 Å². The smallest absolute Gasteiger partial charge is 0.238 e. The van der Waals surface area contributed by atoms with Crippen LogP contribution in [0.4, 0.5) is 0 Å². The molecule has 1 fully saturated rings. The molecule has 98 valence electrons. The number of rotatable bonds is 4. The van der Waals surface area contributed by atoms with E-state index in [1.54, 1.807) is 4.90 Å². The first-order valence-corrected chi connectivity index (χ1v) is 7.82. The maximum absolute atomic E-state index is 11.8. The van der Waals surface area contributed by atoms with Crippen LogP contribution in [-0.2, 0) is 19.4 Å². The highest BCUT2D eigenvalue weighted by Crippen LogP contribution is 2.20. The average molecular weight is 261 g/mol. The lowest BCUT2D eigenvalue weighted by Crippen LogP contribution is -2.46. The Labute approximate surface area is 102 Å². The highest BCUT2D eigenvalue weighted by molar-refractivity contribution is 7.91. The van der Waals surface area contributed by atoms with Crippen molar-refractivity contribution in [2.75, 3.05) is 18.6 Å². The zero-order valence-corrected chi connectivity index (χ0v) is 11.1. The molecule has 0 spiro atoms. The van der Waals surface area contributed by atoms with Gasteiger partial charge in [-0.2, -0.15) is 0 Å². The Hall–Kier alpha value is -0.910. The molecule has 0 aromatic rings. The highest BCUT2D eigenvalue weighted by Gasteiger charge is 2.28. The number of carbonyl (C=O) groups excluding carboxylic acids is 2. The van der Waals surface area contributed by atoms with Gasteiger partial charge in [-0.3, -0.25) is 9.59 Å². The molecular weight excluding hydrogens is 242 g/mol. The summed E-state index contributed by atoms with van der Waals surface area (Å²) >= 11 is 0. The van der Waals surface area contributed by atoms with Crippen LogP contribution < -0.4 is 0 Å². The maximum atomic E-state index is 11.8. The fourth-order valence-corrected chi connectivity index (χ4v) is 2.79. The zero-order valence-electron chi connectivity index (χ0n) is 10.3. The highest BCUT2D eigenvalue weighted by atomic mass is 32.2. The number of hydrogen-bond acceptors (Lipinski definition) is 4. The van der Waals surface area contributed by atoms with Gasteiger partial charge in [-0.25, -0.2) is 8.42 Å². The van der Waals surface area contributed by atoms with Gasteiger partial charge in [0.05, 0.1) is 0 Å². The molecule has 1 aliphatic rings. The SMILES string of the molecule is CC(=O)CC1CCCCN1C(=O)CS(C)(=O)=O. The molecule has 6 heteroatoms. The van der Waals surface area contributed by atoms with Gasteiger partial charge in [0.25, 0.3) is 0 Å². The number of carbonyl (C=O) groups is 2. The number of hydrogen-bond donors (Lipinski definition) is 0. The lowest BCUT2D eigenvalue weighted by molar-refractivity contribution is -0.133. The Morgan fingerprint density at radius 3 is 2.47 bits per heavy atom. The molecule has 1 heterocycles. The number of likely N-dealkylation sites (tertiary alicyclic amines) is 1. The van der Waals surface area contributed by atoms with Crippen LogP contribution in [0.1, 0.15) is 32.6 Å². The minimum absolute atomic E-state index is 0.0362. The van der Waals surface area contributed by atoms with E-state index in [4.69, 9.17) is 0 Å². The predicted molar refractivity (Wildman–Crippen MR) is 64.4 cm³/mol. The molecule has 0 saturated carbocycles. The van der Waals surface area contributed by atoms with Gasteiger partial charge in [0.2, 0.25) is 5.91 Å². The molecule has 0 radical (unpaired) electrons. The molecule has 5 nitrogen and oxygen atoms in total. The molecule has 17 heavy (non-hydrogen) atoms. The molecule has 0 bridgehead atoms. The fourth-order valence-electron chi connectivity index (χ4n) is 2.18. The first-order chi connectivity index (χ1) is 7.79. The van der Waals surface area contributed by atoms with Crippen molar-refractivity contribution < 1.29 is 18.0 Å². The van der Waals surface area contributed by atoms with Crippen LogP contribution >= 0.6 is 0 Å². The third kappa shape index (κ3) is 4.85. The van der Waals surface area contributed by atoms with Crippen molar-refractivity contribution in [3.8, 4) is 0 Å². The van der Waals surface area contributed by atoms with Crippen LogP contribution in [-0.4, -0.2) is 49.6 Å². The minimum Gasteiger partial charge on any atom is -0.338 e. The van der Waals surface area contributed by atoms with Crippen LogP contribution in [0.25, 0.3) is 0 Å². The second kappa shape index (κ2) is 5.62. The van der Waals surface area contributed by atoms with Crippen molar-refractivity contribution in [2.45, 2.75) is 38.6 Å². The van der Waals surface area contributed by atoms with E-state index < -0.39 is 15.6 Å². The van der Waals surface area contributed by atoms with E-state index in [-0.39, 0.29) is 17.7 Å². The van der Waals surface area contributed by atoms with E-state index in [2.05, 4.69) is 0 Å². The Bertz CT molecular complexity index is 402. The van der Waals surface area contributed by atoms with E-state index in [0.29, 0.717) is 13.0 Å². The molecule has 1 rings (SSSR count). The van der Waals surface area contributed by atoms with Gasteiger partial charge in [-0.1, -0.05) is 0 Å². The van der Waals surface area contributed by atoms with Crippen LogP contribution in [0.15, 0.2) is 0 Å². The Balaban J connectivity index is 2.70. The van der Waals surface area contributed by atoms with Crippen molar-refractivity contribution in [1.29, 1.82) is 0 Å².